The minimum absolute atomic E-state index is 0.333. The third kappa shape index (κ3) is 3.72. The quantitative estimate of drug-likeness (QED) is 0.538. The van der Waals surface area contributed by atoms with E-state index >= 15 is 0 Å². The van der Waals surface area contributed by atoms with E-state index < -0.39 is 0 Å². The van der Waals surface area contributed by atoms with E-state index in [-0.39, 0.29) is 0 Å². The number of para-hydroxylation sites is 1. The smallest absolute Gasteiger partial charge is 0.122 e. The van der Waals surface area contributed by atoms with Gasteiger partial charge >= 0.3 is 0 Å². The fraction of sp³-hybridized carbons (Fsp3) is 0.538. The molecule has 0 aliphatic carbocycles. The van der Waals surface area contributed by atoms with Gasteiger partial charge in [0.15, 0.2) is 0 Å². The predicted octanol–water partition coefficient (Wildman–Crippen LogP) is 2.76. The summed E-state index contributed by atoms with van der Waals surface area (Å²) in [6.45, 7) is 1.55. The molecule has 0 bridgehead atoms. The van der Waals surface area contributed by atoms with E-state index in [9.17, 15) is 0 Å². The molecule has 0 aromatic heterocycles. The summed E-state index contributed by atoms with van der Waals surface area (Å²) in [6.07, 6.45) is 4.79. The van der Waals surface area contributed by atoms with Gasteiger partial charge in [-0.2, -0.15) is 11.8 Å². The molecule has 0 amide bonds. The average Bonchev–Trinajstić information content (AvgIpc) is 3.12. The summed E-state index contributed by atoms with van der Waals surface area (Å²) in [6, 6.07) is 8.32. The molecule has 2 nitrogen and oxygen atoms in total. The Morgan fingerprint density at radius 3 is 3.00 bits per heavy atom. The van der Waals surface area contributed by atoms with Crippen molar-refractivity contribution in [2.45, 2.75) is 18.9 Å². The minimum atomic E-state index is 0.333. The van der Waals surface area contributed by atoms with Crippen LogP contribution in [0.25, 0.3) is 0 Å². The molecule has 1 fully saturated rings. The minimum Gasteiger partial charge on any atom is -0.491 e. The van der Waals surface area contributed by atoms with Gasteiger partial charge in [0.25, 0.3) is 0 Å². The van der Waals surface area contributed by atoms with Crippen LogP contribution in [0.3, 0.4) is 0 Å². The molecule has 1 saturated heterocycles. The lowest BCUT2D eigenvalue weighted by Gasteiger charge is -2.10. The molecule has 1 aliphatic heterocycles. The van der Waals surface area contributed by atoms with Gasteiger partial charge in [-0.25, -0.2) is 0 Å². The summed E-state index contributed by atoms with van der Waals surface area (Å²) < 4.78 is 10.9. The highest BCUT2D eigenvalue weighted by molar-refractivity contribution is 7.98. The largest absolute Gasteiger partial charge is 0.491 e. The van der Waals surface area contributed by atoms with Crippen molar-refractivity contribution in [3.8, 4) is 5.75 Å². The Morgan fingerprint density at radius 2 is 2.25 bits per heavy atom. The van der Waals surface area contributed by atoms with Crippen molar-refractivity contribution in [3.05, 3.63) is 29.8 Å². The van der Waals surface area contributed by atoms with Crippen LogP contribution in [0, 0.1) is 0 Å². The van der Waals surface area contributed by atoms with Crippen molar-refractivity contribution in [3.63, 3.8) is 0 Å². The Labute approximate surface area is 101 Å². The number of epoxide rings is 1. The van der Waals surface area contributed by atoms with Gasteiger partial charge in [-0.05, 0) is 36.5 Å². The summed E-state index contributed by atoms with van der Waals surface area (Å²) in [5.41, 5.74) is 1.32. The molecule has 0 spiro atoms. The van der Waals surface area contributed by atoms with Crippen LogP contribution in [-0.4, -0.2) is 31.3 Å². The first-order valence-corrected chi connectivity index (χ1v) is 7.11. The molecular formula is C13H18O2S. The molecule has 1 aliphatic rings. The van der Waals surface area contributed by atoms with E-state index in [2.05, 4.69) is 24.5 Å². The van der Waals surface area contributed by atoms with Gasteiger partial charge in [0.1, 0.15) is 18.5 Å². The standard InChI is InChI=1S/C13H18O2S/c1-16-8-4-6-11-5-2-3-7-13(11)15-10-12-9-14-12/h2-3,5,7,12H,4,6,8-10H2,1H3. The zero-order valence-corrected chi connectivity index (χ0v) is 10.5. The molecule has 1 heterocycles. The maximum Gasteiger partial charge on any atom is 0.122 e. The third-order valence-electron chi connectivity index (χ3n) is 2.59. The SMILES string of the molecule is CSCCCc1ccccc1OCC1CO1. The van der Waals surface area contributed by atoms with E-state index in [1.165, 1.54) is 17.7 Å². The van der Waals surface area contributed by atoms with Gasteiger partial charge in [-0.15, -0.1) is 0 Å². The predicted molar refractivity (Wildman–Crippen MR) is 68.4 cm³/mol. The second kappa shape index (κ2) is 6.16. The molecule has 3 heteroatoms. The van der Waals surface area contributed by atoms with E-state index in [4.69, 9.17) is 9.47 Å². The van der Waals surface area contributed by atoms with Crippen LogP contribution in [0.4, 0.5) is 0 Å². The van der Waals surface area contributed by atoms with E-state index in [0.29, 0.717) is 12.7 Å². The number of thioether (sulfide) groups is 1. The zero-order chi connectivity index (χ0) is 11.2. The number of hydrogen-bond acceptors (Lipinski definition) is 3. The normalized spacial score (nSPS) is 18.4. The molecular weight excluding hydrogens is 220 g/mol. The Balaban J connectivity index is 1.87. The van der Waals surface area contributed by atoms with Crippen molar-refractivity contribution < 1.29 is 9.47 Å². The van der Waals surface area contributed by atoms with Gasteiger partial charge in [0, 0.05) is 0 Å². The van der Waals surface area contributed by atoms with E-state index in [1.807, 2.05) is 17.8 Å². The van der Waals surface area contributed by atoms with Gasteiger partial charge in [-0.1, -0.05) is 18.2 Å². The van der Waals surface area contributed by atoms with Gasteiger partial charge in [0.2, 0.25) is 0 Å². The maximum atomic E-state index is 5.76. The summed E-state index contributed by atoms with van der Waals surface area (Å²) in [5.74, 6) is 2.24. The summed E-state index contributed by atoms with van der Waals surface area (Å²) in [5, 5.41) is 0. The molecule has 88 valence electrons. The zero-order valence-electron chi connectivity index (χ0n) is 9.65. The van der Waals surface area contributed by atoms with Crippen molar-refractivity contribution in [1.82, 2.24) is 0 Å². The number of benzene rings is 1. The molecule has 1 aromatic rings. The van der Waals surface area contributed by atoms with Crippen LogP contribution in [0.15, 0.2) is 24.3 Å². The van der Waals surface area contributed by atoms with Gasteiger partial charge < -0.3 is 9.47 Å². The van der Waals surface area contributed by atoms with Gasteiger partial charge in [0.05, 0.1) is 6.61 Å². The van der Waals surface area contributed by atoms with Crippen LogP contribution in [-0.2, 0) is 11.2 Å². The molecule has 0 saturated carbocycles. The van der Waals surface area contributed by atoms with Crippen LogP contribution in [0.2, 0.25) is 0 Å². The highest BCUT2D eigenvalue weighted by atomic mass is 32.2. The highest BCUT2D eigenvalue weighted by Gasteiger charge is 2.23. The second-order valence-corrected chi connectivity index (χ2v) is 4.96. The molecule has 0 radical (unpaired) electrons. The first kappa shape index (κ1) is 11.8. The fourth-order valence-electron chi connectivity index (χ4n) is 1.61. The molecule has 1 atom stereocenters. The molecule has 1 unspecified atom stereocenters. The Bertz CT molecular complexity index is 323. The van der Waals surface area contributed by atoms with Crippen molar-refractivity contribution in [2.75, 3.05) is 25.2 Å². The first-order chi connectivity index (χ1) is 7.90. The van der Waals surface area contributed by atoms with Crippen molar-refractivity contribution >= 4 is 11.8 Å². The maximum absolute atomic E-state index is 5.76. The van der Waals surface area contributed by atoms with E-state index in [0.717, 1.165) is 18.8 Å². The Kier molecular flexibility index (Phi) is 4.55. The Hall–Kier alpha value is -0.670. The average molecular weight is 238 g/mol. The lowest BCUT2D eigenvalue weighted by molar-refractivity contribution is 0.261. The van der Waals surface area contributed by atoms with Crippen LogP contribution in [0.1, 0.15) is 12.0 Å². The van der Waals surface area contributed by atoms with Crippen LogP contribution >= 0.6 is 11.8 Å². The monoisotopic (exact) mass is 238 g/mol. The van der Waals surface area contributed by atoms with Crippen LogP contribution in [0.5, 0.6) is 5.75 Å². The number of rotatable bonds is 7. The number of aryl methyl sites for hydroxylation is 1. The number of ether oxygens (including phenoxy) is 2. The molecule has 2 rings (SSSR count). The number of hydrogen-bond donors (Lipinski definition) is 0. The summed E-state index contributed by atoms with van der Waals surface area (Å²) in [4.78, 5) is 0. The second-order valence-electron chi connectivity index (χ2n) is 3.97. The molecule has 16 heavy (non-hydrogen) atoms. The van der Waals surface area contributed by atoms with Crippen molar-refractivity contribution in [2.24, 2.45) is 0 Å². The third-order valence-corrected chi connectivity index (χ3v) is 3.29. The first-order valence-electron chi connectivity index (χ1n) is 5.71. The van der Waals surface area contributed by atoms with Crippen LogP contribution < -0.4 is 4.74 Å². The van der Waals surface area contributed by atoms with Crippen molar-refractivity contribution in [1.29, 1.82) is 0 Å². The fourth-order valence-corrected chi connectivity index (χ4v) is 2.04. The van der Waals surface area contributed by atoms with Gasteiger partial charge in [-0.3, -0.25) is 0 Å². The lowest BCUT2D eigenvalue weighted by atomic mass is 10.1. The topological polar surface area (TPSA) is 21.8 Å². The molecule has 1 aromatic carbocycles. The summed E-state index contributed by atoms with van der Waals surface area (Å²) >= 11 is 1.89. The Morgan fingerprint density at radius 1 is 1.44 bits per heavy atom. The van der Waals surface area contributed by atoms with E-state index in [1.54, 1.807) is 0 Å². The molecule has 0 N–H and O–H groups in total. The summed E-state index contributed by atoms with van der Waals surface area (Å²) in [7, 11) is 0. The highest BCUT2D eigenvalue weighted by Crippen LogP contribution is 2.21. The lowest BCUT2D eigenvalue weighted by Crippen LogP contribution is -2.06.